The van der Waals surface area contributed by atoms with Crippen LogP contribution in [0.25, 0.3) is 0 Å². The van der Waals surface area contributed by atoms with Crippen LogP contribution < -0.4 is 5.32 Å². The fourth-order valence-corrected chi connectivity index (χ4v) is 7.82. The van der Waals surface area contributed by atoms with Crippen LogP contribution in [0.2, 0.25) is 4.34 Å². The first-order valence-electron chi connectivity index (χ1n) is 9.76. The molecule has 26 heavy (non-hydrogen) atoms. The van der Waals surface area contributed by atoms with Gasteiger partial charge in [0.2, 0.25) is 0 Å². The van der Waals surface area contributed by atoms with E-state index >= 15 is 0 Å². The molecular weight excluding hydrogens is 382 g/mol. The Morgan fingerprint density at radius 3 is 2.50 bits per heavy atom. The Labute approximate surface area is 168 Å². The van der Waals surface area contributed by atoms with Crippen molar-refractivity contribution in [2.24, 2.45) is 17.8 Å². The minimum absolute atomic E-state index is 0.164. The Kier molecular flexibility index (Phi) is 4.69. The lowest BCUT2D eigenvalue weighted by molar-refractivity contribution is -0.157. The second kappa shape index (κ2) is 6.89. The molecule has 3 atom stereocenters. The van der Waals surface area contributed by atoms with Gasteiger partial charge in [-0.05, 0) is 81.0 Å². The minimum atomic E-state index is 0.164. The third kappa shape index (κ3) is 3.29. The highest BCUT2D eigenvalue weighted by molar-refractivity contribution is 7.16. The van der Waals surface area contributed by atoms with Gasteiger partial charge in [-0.25, -0.2) is 0 Å². The number of rotatable bonds is 6. The van der Waals surface area contributed by atoms with E-state index in [4.69, 9.17) is 16.3 Å². The Morgan fingerprint density at radius 1 is 1.08 bits per heavy atom. The summed E-state index contributed by atoms with van der Waals surface area (Å²) in [5, 5.41) is 3.98. The largest absolute Gasteiger partial charge is 0.370 e. The van der Waals surface area contributed by atoms with Crippen molar-refractivity contribution in [2.75, 3.05) is 0 Å². The van der Waals surface area contributed by atoms with Gasteiger partial charge in [-0.2, -0.15) is 0 Å². The third-order valence-electron chi connectivity index (χ3n) is 6.66. The van der Waals surface area contributed by atoms with Gasteiger partial charge in [0.15, 0.2) is 0 Å². The van der Waals surface area contributed by atoms with Gasteiger partial charge < -0.3 is 10.1 Å². The predicted molar refractivity (Wildman–Crippen MR) is 110 cm³/mol. The van der Waals surface area contributed by atoms with Gasteiger partial charge in [-0.1, -0.05) is 11.6 Å². The van der Waals surface area contributed by atoms with Crippen molar-refractivity contribution in [3.05, 3.63) is 43.2 Å². The van der Waals surface area contributed by atoms with Crippen LogP contribution in [-0.2, 0) is 17.9 Å². The van der Waals surface area contributed by atoms with Crippen LogP contribution in [0.4, 0.5) is 0 Å². The molecule has 4 aliphatic carbocycles. The van der Waals surface area contributed by atoms with Crippen molar-refractivity contribution < 1.29 is 4.74 Å². The maximum absolute atomic E-state index is 6.64. The standard InChI is InChI=1S/C21H26ClNOS2/c1-13-2-3-18(25-13)12-24-20-16-7-14-6-15(8-16)10-21(20,9-14)23-11-17-4-5-19(22)26-17/h2-5,14-16,20,23H,6-12H2,1H3. The number of ether oxygens (including phenoxy) is 1. The number of aryl methyl sites for hydroxylation is 1. The summed E-state index contributed by atoms with van der Waals surface area (Å²) in [4.78, 5) is 4.06. The fraction of sp³-hybridized carbons (Fsp3) is 0.619. The minimum Gasteiger partial charge on any atom is -0.370 e. The highest BCUT2D eigenvalue weighted by atomic mass is 35.5. The molecule has 3 unspecified atom stereocenters. The molecule has 0 aromatic carbocycles. The van der Waals surface area contributed by atoms with E-state index in [1.807, 2.05) is 17.4 Å². The van der Waals surface area contributed by atoms with E-state index in [2.05, 4.69) is 30.4 Å². The average Bonchev–Trinajstić information content (AvgIpc) is 3.20. The van der Waals surface area contributed by atoms with Crippen LogP contribution in [0, 0.1) is 24.7 Å². The van der Waals surface area contributed by atoms with Crippen LogP contribution in [0.1, 0.15) is 46.7 Å². The highest BCUT2D eigenvalue weighted by Gasteiger charge is 2.57. The van der Waals surface area contributed by atoms with Gasteiger partial charge in [-0.15, -0.1) is 22.7 Å². The third-order valence-corrected chi connectivity index (χ3v) is 8.87. The first-order chi connectivity index (χ1) is 12.6. The van der Waals surface area contributed by atoms with E-state index in [1.54, 1.807) is 11.3 Å². The lowest BCUT2D eigenvalue weighted by atomic mass is 9.51. The number of nitrogens with one attached hydrogen (secondary N) is 1. The topological polar surface area (TPSA) is 21.3 Å². The number of thiophene rings is 2. The summed E-state index contributed by atoms with van der Waals surface area (Å²) >= 11 is 9.69. The molecule has 4 bridgehead atoms. The Morgan fingerprint density at radius 2 is 1.85 bits per heavy atom. The van der Waals surface area contributed by atoms with Crippen LogP contribution >= 0.6 is 34.3 Å². The van der Waals surface area contributed by atoms with E-state index in [-0.39, 0.29) is 5.54 Å². The monoisotopic (exact) mass is 407 g/mol. The summed E-state index contributed by atoms with van der Waals surface area (Å²) in [6, 6.07) is 8.60. The summed E-state index contributed by atoms with van der Waals surface area (Å²) in [6.45, 7) is 3.86. The van der Waals surface area contributed by atoms with Gasteiger partial charge in [0, 0.05) is 26.7 Å². The molecule has 140 valence electrons. The zero-order chi connectivity index (χ0) is 17.7. The zero-order valence-electron chi connectivity index (χ0n) is 15.2. The van der Waals surface area contributed by atoms with E-state index in [1.165, 1.54) is 46.7 Å². The quantitative estimate of drug-likeness (QED) is 0.631. The number of hydrogen-bond acceptors (Lipinski definition) is 4. The van der Waals surface area contributed by atoms with Crippen molar-refractivity contribution >= 4 is 34.3 Å². The van der Waals surface area contributed by atoms with Crippen molar-refractivity contribution in [2.45, 2.75) is 63.8 Å². The lowest BCUT2D eigenvalue weighted by Gasteiger charge is -2.61. The maximum atomic E-state index is 6.64. The smallest absolute Gasteiger partial charge is 0.0931 e. The van der Waals surface area contributed by atoms with Crippen LogP contribution in [0.3, 0.4) is 0 Å². The first-order valence-corrected chi connectivity index (χ1v) is 11.8. The molecule has 0 spiro atoms. The second-order valence-electron chi connectivity index (χ2n) is 8.57. The Bertz CT molecular complexity index is 771. The molecule has 2 nitrogen and oxygen atoms in total. The van der Waals surface area contributed by atoms with Crippen LogP contribution in [0.5, 0.6) is 0 Å². The molecule has 0 radical (unpaired) electrons. The number of hydrogen-bond donors (Lipinski definition) is 1. The molecule has 0 aliphatic heterocycles. The highest BCUT2D eigenvalue weighted by Crippen LogP contribution is 2.57. The molecule has 2 aromatic heterocycles. The van der Waals surface area contributed by atoms with Crippen molar-refractivity contribution in [3.8, 4) is 0 Å². The SMILES string of the molecule is Cc1ccc(COC2C3CC4CC(C3)CC2(NCc2ccc(Cl)s2)C4)s1. The molecule has 4 aliphatic rings. The van der Waals surface area contributed by atoms with E-state index in [0.29, 0.717) is 6.10 Å². The first kappa shape index (κ1) is 17.7. The summed E-state index contributed by atoms with van der Waals surface area (Å²) in [5.41, 5.74) is 0.164. The molecule has 4 saturated carbocycles. The maximum Gasteiger partial charge on any atom is 0.0931 e. The van der Waals surface area contributed by atoms with Crippen LogP contribution in [0.15, 0.2) is 24.3 Å². The van der Waals surface area contributed by atoms with Crippen molar-refractivity contribution in [1.29, 1.82) is 0 Å². The van der Waals surface area contributed by atoms with E-state index < -0.39 is 0 Å². The summed E-state index contributed by atoms with van der Waals surface area (Å²) in [5.74, 6) is 2.54. The summed E-state index contributed by atoms with van der Waals surface area (Å²) in [7, 11) is 0. The molecule has 0 saturated heterocycles. The fourth-order valence-electron chi connectivity index (χ4n) is 5.98. The second-order valence-corrected chi connectivity index (χ2v) is 11.7. The number of halogens is 1. The van der Waals surface area contributed by atoms with E-state index in [9.17, 15) is 0 Å². The Hall–Kier alpha value is -0.390. The molecule has 0 amide bonds. The lowest BCUT2D eigenvalue weighted by Crippen LogP contribution is -2.67. The molecule has 1 N–H and O–H groups in total. The van der Waals surface area contributed by atoms with E-state index in [0.717, 1.165) is 35.2 Å². The molecule has 4 fully saturated rings. The predicted octanol–water partition coefficient (Wildman–Crippen LogP) is 6.03. The van der Waals surface area contributed by atoms with Gasteiger partial charge in [0.1, 0.15) is 0 Å². The molecule has 2 heterocycles. The molecule has 5 heteroatoms. The normalized spacial score (nSPS) is 35.3. The van der Waals surface area contributed by atoms with Gasteiger partial charge in [-0.3, -0.25) is 0 Å². The summed E-state index contributed by atoms with van der Waals surface area (Å²) < 4.78 is 7.52. The van der Waals surface area contributed by atoms with Gasteiger partial charge in [0.05, 0.1) is 17.0 Å². The molecule has 2 aromatic rings. The van der Waals surface area contributed by atoms with Gasteiger partial charge >= 0.3 is 0 Å². The van der Waals surface area contributed by atoms with Crippen LogP contribution in [-0.4, -0.2) is 11.6 Å². The van der Waals surface area contributed by atoms with Crippen molar-refractivity contribution in [1.82, 2.24) is 5.32 Å². The van der Waals surface area contributed by atoms with Crippen molar-refractivity contribution in [3.63, 3.8) is 0 Å². The average molecular weight is 408 g/mol. The zero-order valence-corrected chi connectivity index (χ0v) is 17.6. The summed E-state index contributed by atoms with van der Waals surface area (Å²) in [6.07, 6.45) is 7.12. The Balaban J connectivity index is 1.34. The molecule has 6 rings (SSSR count). The van der Waals surface area contributed by atoms with Gasteiger partial charge in [0.25, 0.3) is 0 Å². The molecular formula is C21H26ClNOS2.